The number of carbonyl (C=O) groups is 1. The molecule has 2 aliphatic rings. The minimum atomic E-state index is -5.03. The first-order chi connectivity index (χ1) is 17.6. The molecule has 2 heterocycles. The maximum absolute atomic E-state index is 12.8. The van der Waals surface area contributed by atoms with Crippen LogP contribution in [0, 0.1) is 0 Å². The van der Waals surface area contributed by atoms with Gasteiger partial charge >= 0.3 is 24.4 Å². The summed E-state index contributed by atoms with van der Waals surface area (Å²) in [5, 5.41) is 3.09. The van der Waals surface area contributed by atoms with Gasteiger partial charge in [-0.1, -0.05) is 0 Å². The van der Waals surface area contributed by atoms with Crippen molar-refractivity contribution in [3.63, 3.8) is 0 Å². The number of amides is 1. The molecular formula is C24H23F9N2OS2. The number of rotatable bonds is 2. The Kier molecular flexibility index (Phi) is 9.29. The van der Waals surface area contributed by atoms with Gasteiger partial charge in [-0.3, -0.25) is 4.79 Å². The summed E-state index contributed by atoms with van der Waals surface area (Å²) >= 11 is 2.49. The maximum Gasteiger partial charge on any atom is 0.471 e. The summed E-state index contributed by atoms with van der Waals surface area (Å²) in [6.07, 6.45) is -9.54. The van der Waals surface area contributed by atoms with Crippen molar-refractivity contribution >= 4 is 29.4 Å². The van der Waals surface area contributed by atoms with Crippen molar-refractivity contribution in [2.45, 2.75) is 54.3 Å². The summed E-state index contributed by atoms with van der Waals surface area (Å²) in [7, 11) is 0. The molecule has 0 aliphatic carbocycles. The van der Waals surface area contributed by atoms with E-state index in [4.69, 9.17) is 0 Å². The van der Waals surface area contributed by atoms with E-state index in [0.717, 1.165) is 52.9 Å². The minimum Gasteiger partial charge on any atom is -0.330 e. The molecule has 2 aromatic carbocycles. The number of alkyl halides is 9. The lowest BCUT2D eigenvalue weighted by Gasteiger charge is -2.31. The predicted octanol–water partition coefficient (Wildman–Crippen LogP) is 6.95. The van der Waals surface area contributed by atoms with E-state index in [-0.39, 0.29) is 18.5 Å². The normalized spacial score (nSPS) is 15.8. The van der Waals surface area contributed by atoms with Crippen LogP contribution in [0.3, 0.4) is 0 Å². The molecule has 0 fully saturated rings. The Morgan fingerprint density at radius 3 is 1.76 bits per heavy atom. The molecule has 1 amide bonds. The van der Waals surface area contributed by atoms with Crippen molar-refractivity contribution in [3.8, 4) is 0 Å². The lowest BCUT2D eigenvalue weighted by molar-refractivity contribution is -0.186. The number of nitrogens with one attached hydrogen (secondary N) is 1. The summed E-state index contributed by atoms with van der Waals surface area (Å²) < 4.78 is 114. The first-order valence-electron chi connectivity index (χ1n) is 11.2. The van der Waals surface area contributed by atoms with E-state index in [1.165, 1.54) is 23.9 Å². The third kappa shape index (κ3) is 7.12. The Balaban J connectivity index is 0.000000221. The number of thioether (sulfide) groups is 2. The minimum absolute atomic E-state index is 0.103. The lowest BCUT2D eigenvalue weighted by Crippen LogP contribution is -2.43. The predicted molar refractivity (Wildman–Crippen MR) is 127 cm³/mol. The highest BCUT2D eigenvalue weighted by atomic mass is 32.2. The van der Waals surface area contributed by atoms with Gasteiger partial charge in [-0.15, -0.1) is 23.5 Å². The van der Waals surface area contributed by atoms with Crippen LogP contribution in [0.15, 0.2) is 34.1 Å². The summed E-state index contributed by atoms with van der Waals surface area (Å²) in [6, 6.07) is 4.34. The molecule has 0 bridgehead atoms. The van der Waals surface area contributed by atoms with Gasteiger partial charge in [-0.2, -0.15) is 39.5 Å². The Morgan fingerprint density at radius 1 is 0.789 bits per heavy atom. The molecule has 0 aromatic heterocycles. The second-order valence-corrected chi connectivity index (χ2v) is 10.2. The summed E-state index contributed by atoms with van der Waals surface area (Å²) in [5.41, 5.74) is 1.08. The van der Waals surface area contributed by atoms with E-state index in [2.05, 4.69) is 5.32 Å². The average Bonchev–Trinajstić information content (AvgIpc) is 2.85. The summed E-state index contributed by atoms with van der Waals surface area (Å²) in [5.74, 6) is -2.03. The number of hydrogen-bond donors (Lipinski definition) is 1. The third-order valence-electron chi connectivity index (χ3n) is 6.09. The van der Waals surface area contributed by atoms with E-state index in [1.54, 1.807) is 6.26 Å². The molecule has 3 nitrogen and oxygen atoms in total. The monoisotopic (exact) mass is 590 g/mol. The molecule has 1 N–H and O–H groups in total. The van der Waals surface area contributed by atoms with Gasteiger partial charge in [0.05, 0.1) is 11.1 Å². The molecule has 0 unspecified atom stereocenters. The van der Waals surface area contributed by atoms with Gasteiger partial charge in [-0.25, -0.2) is 0 Å². The molecule has 2 aliphatic heterocycles. The zero-order valence-electron chi connectivity index (χ0n) is 20.1. The summed E-state index contributed by atoms with van der Waals surface area (Å²) in [4.78, 5) is 12.9. The molecule has 0 saturated carbocycles. The van der Waals surface area contributed by atoms with Gasteiger partial charge in [0.25, 0.3) is 0 Å². The second-order valence-electron chi connectivity index (χ2n) is 8.53. The van der Waals surface area contributed by atoms with Gasteiger partial charge in [0, 0.05) is 29.4 Å². The van der Waals surface area contributed by atoms with E-state index in [9.17, 15) is 44.3 Å². The van der Waals surface area contributed by atoms with Gasteiger partial charge in [-0.05, 0) is 78.4 Å². The van der Waals surface area contributed by atoms with E-state index >= 15 is 0 Å². The fourth-order valence-corrected chi connectivity index (χ4v) is 5.73. The second kappa shape index (κ2) is 11.6. The molecule has 0 atom stereocenters. The van der Waals surface area contributed by atoms with Gasteiger partial charge in [0.2, 0.25) is 0 Å². The van der Waals surface area contributed by atoms with Crippen molar-refractivity contribution < 1.29 is 44.3 Å². The fraction of sp³-hybridized carbons (Fsp3) is 0.458. The standard InChI is InChI=1S/C13H11F6NOS.C11H12F3NS/c1-22-10-5-8(12(14,15)16)4-7-6-20(3-2-9(7)10)11(21)13(17,18)19;1-16-10-5-8(11(12,13)14)4-7-6-15-3-2-9(7)10/h4-5H,2-3,6H2,1H3;4-5,15H,2-3,6H2,1H3. The number of nitrogens with zero attached hydrogens (tertiary/aromatic N) is 1. The van der Waals surface area contributed by atoms with Crippen LogP contribution in [0.5, 0.6) is 0 Å². The molecule has 4 rings (SSSR count). The van der Waals surface area contributed by atoms with E-state index < -0.39 is 42.1 Å². The van der Waals surface area contributed by atoms with Crippen LogP contribution >= 0.6 is 23.5 Å². The zero-order chi connectivity index (χ0) is 28.5. The number of fused-ring (bicyclic) bond motifs is 2. The smallest absolute Gasteiger partial charge is 0.330 e. The maximum atomic E-state index is 12.8. The van der Waals surface area contributed by atoms with Crippen LogP contribution in [0.4, 0.5) is 39.5 Å². The average molecular weight is 591 g/mol. The van der Waals surface area contributed by atoms with Crippen molar-refractivity contribution in [3.05, 3.63) is 57.6 Å². The third-order valence-corrected chi connectivity index (χ3v) is 7.70. The van der Waals surface area contributed by atoms with Crippen LogP contribution < -0.4 is 5.32 Å². The fourth-order valence-electron chi connectivity index (χ4n) is 4.28. The van der Waals surface area contributed by atoms with Crippen LogP contribution in [0.25, 0.3) is 0 Å². The van der Waals surface area contributed by atoms with Crippen LogP contribution in [-0.2, 0) is 43.1 Å². The Hall–Kier alpha value is -2.06. The molecule has 0 spiro atoms. The molecule has 14 heteroatoms. The number of carbonyl (C=O) groups excluding carboxylic acids is 1. The van der Waals surface area contributed by atoms with Gasteiger partial charge < -0.3 is 10.2 Å². The van der Waals surface area contributed by atoms with Crippen molar-refractivity contribution in [2.24, 2.45) is 0 Å². The Labute approximate surface area is 221 Å². The molecule has 2 aromatic rings. The van der Waals surface area contributed by atoms with Crippen LogP contribution in [0.1, 0.15) is 33.4 Å². The lowest BCUT2D eigenvalue weighted by atomic mass is 9.97. The van der Waals surface area contributed by atoms with Crippen LogP contribution in [-0.4, -0.2) is 42.6 Å². The van der Waals surface area contributed by atoms with Crippen molar-refractivity contribution in [1.82, 2.24) is 10.2 Å². The first-order valence-corrected chi connectivity index (χ1v) is 13.6. The van der Waals surface area contributed by atoms with Gasteiger partial charge in [0.15, 0.2) is 0 Å². The molecule has 210 valence electrons. The van der Waals surface area contributed by atoms with E-state index in [0.29, 0.717) is 21.9 Å². The number of benzene rings is 2. The molecule has 0 saturated heterocycles. The Morgan fingerprint density at radius 2 is 1.29 bits per heavy atom. The van der Waals surface area contributed by atoms with E-state index in [1.807, 2.05) is 6.26 Å². The molecule has 38 heavy (non-hydrogen) atoms. The first kappa shape index (κ1) is 30.5. The number of halogens is 9. The highest BCUT2D eigenvalue weighted by molar-refractivity contribution is 7.98. The quantitative estimate of drug-likeness (QED) is 0.303. The van der Waals surface area contributed by atoms with Crippen molar-refractivity contribution in [1.29, 1.82) is 0 Å². The molecular weight excluding hydrogens is 567 g/mol. The highest BCUT2D eigenvalue weighted by Gasteiger charge is 2.43. The zero-order valence-corrected chi connectivity index (χ0v) is 21.8. The SMILES string of the molecule is CSc1cc(C(F)(F)F)cc2c1CCN(C(=O)C(F)(F)F)C2.CSc1cc(C(F)(F)F)cc2c1CCNC2. The van der Waals surface area contributed by atoms with Crippen molar-refractivity contribution in [2.75, 3.05) is 25.6 Å². The largest absolute Gasteiger partial charge is 0.471 e. The topological polar surface area (TPSA) is 32.3 Å². The number of hydrogen-bond acceptors (Lipinski definition) is 4. The van der Waals surface area contributed by atoms with Crippen LogP contribution in [0.2, 0.25) is 0 Å². The summed E-state index contributed by atoms with van der Waals surface area (Å²) in [6.45, 7) is 0.744. The Bertz CT molecular complexity index is 1160. The molecule has 0 radical (unpaired) electrons. The van der Waals surface area contributed by atoms with Gasteiger partial charge in [0.1, 0.15) is 0 Å². The highest BCUT2D eigenvalue weighted by Crippen LogP contribution is 2.38.